The van der Waals surface area contributed by atoms with Crippen molar-refractivity contribution in [1.82, 2.24) is 10.6 Å². The number of amides is 2. The minimum Gasteiger partial charge on any atom is -0.354 e. The maximum Gasteiger partial charge on any atom is 0.242 e. The molecule has 1 heterocycles. The first-order valence-electron chi connectivity index (χ1n) is 6.16. The zero-order valence-electron chi connectivity index (χ0n) is 10.9. The maximum atomic E-state index is 11.9. The molecule has 2 amide bonds. The van der Waals surface area contributed by atoms with Crippen molar-refractivity contribution in [3.05, 3.63) is 0 Å². The Morgan fingerprint density at radius 3 is 2.71 bits per heavy atom. The van der Waals surface area contributed by atoms with Crippen molar-refractivity contribution in [2.24, 2.45) is 11.1 Å². The number of nitrogens with two attached hydrogens (primary N) is 1. The van der Waals surface area contributed by atoms with Crippen molar-refractivity contribution in [1.29, 1.82) is 0 Å². The molecule has 2 atom stereocenters. The van der Waals surface area contributed by atoms with Crippen molar-refractivity contribution in [3.63, 3.8) is 0 Å². The molecule has 17 heavy (non-hydrogen) atoms. The molecule has 0 saturated carbocycles. The Balaban J connectivity index is 2.58. The van der Waals surface area contributed by atoms with Crippen LogP contribution in [-0.2, 0) is 9.59 Å². The molecular weight excluding hydrogens is 218 g/mol. The summed E-state index contributed by atoms with van der Waals surface area (Å²) in [5.41, 5.74) is 5.55. The van der Waals surface area contributed by atoms with Gasteiger partial charge in [0, 0.05) is 6.54 Å². The van der Waals surface area contributed by atoms with Gasteiger partial charge in [0.15, 0.2) is 0 Å². The van der Waals surface area contributed by atoms with Crippen LogP contribution in [0.1, 0.15) is 40.0 Å². The molecule has 1 fully saturated rings. The average Bonchev–Trinajstić information content (AvgIpc) is 2.42. The van der Waals surface area contributed by atoms with Crippen LogP contribution in [0.5, 0.6) is 0 Å². The number of carbonyl (C=O) groups is 2. The molecule has 0 bridgehead atoms. The Morgan fingerprint density at radius 2 is 2.12 bits per heavy atom. The van der Waals surface area contributed by atoms with E-state index in [4.69, 9.17) is 5.73 Å². The zero-order chi connectivity index (χ0) is 13.1. The standard InChI is InChI=1S/C12H23N3O2/c1-12(2,3)9(13)11(17)15-8-6-4-5-7-14-10(8)16/h8-9H,4-7,13H2,1-3H3,(H,14,16)(H,15,17)/t8?,9-/m1/s1. The van der Waals surface area contributed by atoms with E-state index in [9.17, 15) is 9.59 Å². The number of hydrogen-bond donors (Lipinski definition) is 3. The second kappa shape index (κ2) is 5.49. The lowest BCUT2D eigenvalue weighted by Crippen LogP contribution is -2.54. The van der Waals surface area contributed by atoms with E-state index >= 15 is 0 Å². The first-order valence-corrected chi connectivity index (χ1v) is 6.16. The van der Waals surface area contributed by atoms with Crippen LogP contribution in [0.2, 0.25) is 0 Å². The van der Waals surface area contributed by atoms with Gasteiger partial charge >= 0.3 is 0 Å². The Morgan fingerprint density at radius 1 is 1.47 bits per heavy atom. The predicted octanol–water partition coefficient (Wildman–Crippen LogP) is 0.145. The minimum atomic E-state index is -0.599. The van der Waals surface area contributed by atoms with Crippen molar-refractivity contribution >= 4 is 11.8 Å². The highest BCUT2D eigenvalue weighted by Crippen LogP contribution is 2.17. The fourth-order valence-electron chi connectivity index (χ4n) is 1.73. The second-order valence-corrected chi connectivity index (χ2v) is 5.69. The van der Waals surface area contributed by atoms with Crippen molar-refractivity contribution in [3.8, 4) is 0 Å². The van der Waals surface area contributed by atoms with Gasteiger partial charge in [0.2, 0.25) is 11.8 Å². The van der Waals surface area contributed by atoms with E-state index in [2.05, 4.69) is 10.6 Å². The lowest BCUT2D eigenvalue weighted by atomic mass is 9.86. The molecule has 0 aromatic rings. The maximum absolute atomic E-state index is 11.9. The molecule has 1 saturated heterocycles. The van der Waals surface area contributed by atoms with E-state index in [1.165, 1.54) is 0 Å². The summed E-state index contributed by atoms with van der Waals surface area (Å²) < 4.78 is 0. The Bertz CT molecular complexity index is 297. The summed E-state index contributed by atoms with van der Waals surface area (Å²) in [6.07, 6.45) is 2.59. The lowest BCUT2D eigenvalue weighted by molar-refractivity contribution is -0.130. The number of nitrogens with one attached hydrogen (secondary N) is 2. The van der Waals surface area contributed by atoms with Gasteiger partial charge in [-0.15, -0.1) is 0 Å². The van der Waals surface area contributed by atoms with Gasteiger partial charge in [-0.2, -0.15) is 0 Å². The van der Waals surface area contributed by atoms with E-state index in [0.717, 1.165) is 12.8 Å². The quantitative estimate of drug-likeness (QED) is 0.643. The minimum absolute atomic E-state index is 0.100. The summed E-state index contributed by atoms with van der Waals surface area (Å²) in [4.78, 5) is 23.6. The molecule has 1 unspecified atom stereocenters. The molecule has 0 radical (unpaired) electrons. The van der Waals surface area contributed by atoms with Crippen LogP contribution in [-0.4, -0.2) is 30.4 Å². The summed E-state index contributed by atoms with van der Waals surface area (Å²) in [6, 6.07) is -1.03. The second-order valence-electron chi connectivity index (χ2n) is 5.69. The fraction of sp³-hybridized carbons (Fsp3) is 0.833. The van der Waals surface area contributed by atoms with Gasteiger partial charge in [-0.1, -0.05) is 20.8 Å². The topological polar surface area (TPSA) is 84.2 Å². The average molecular weight is 241 g/mol. The van der Waals surface area contributed by atoms with Gasteiger partial charge in [-0.25, -0.2) is 0 Å². The SMILES string of the molecule is CC(C)(C)[C@H](N)C(=O)NC1CCCCNC1=O. The van der Waals surface area contributed by atoms with Crippen molar-refractivity contribution < 1.29 is 9.59 Å². The van der Waals surface area contributed by atoms with Gasteiger partial charge in [-0.05, 0) is 24.7 Å². The molecule has 1 rings (SSSR count). The number of rotatable bonds is 2. The molecule has 1 aliphatic heterocycles. The molecule has 4 N–H and O–H groups in total. The van der Waals surface area contributed by atoms with Crippen LogP contribution < -0.4 is 16.4 Å². The highest BCUT2D eigenvalue weighted by Gasteiger charge is 2.30. The third-order valence-electron chi connectivity index (χ3n) is 3.07. The van der Waals surface area contributed by atoms with E-state index in [-0.39, 0.29) is 17.2 Å². The van der Waals surface area contributed by atoms with Crippen molar-refractivity contribution in [2.45, 2.75) is 52.1 Å². The predicted molar refractivity (Wildman–Crippen MR) is 66.2 cm³/mol. The molecule has 5 nitrogen and oxygen atoms in total. The van der Waals surface area contributed by atoms with Crippen molar-refractivity contribution in [2.75, 3.05) is 6.54 Å². The van der Waals surface area contributed by atoms with Crippen LogP contribution in [0.3, 0.4) is 0 Å². The van der Waals surface area contributed by atoms with Crippen LogP contribution >= 0.6 is 0 Å². The van der Waals surface area contributed by atoms with Crippen LogP contribution in [0, 0.1) is 5.41 Å². The Hall–Kier alpha value is -1.10. The lowest BCUT2D eigenvalue weighted by Gasteiger charge is -2.27. The first kappa shape index (κ1) is 14.0. The van der Waals surface area contributed by atoms with E-state index in [0.29, 0.717) is 13.0 Å². The largest absolute Gasteiger partial charge is 0.354 e. The zero-order valence-corrected chi connectivity index (χ0v) is 10.9. The number of hydrogen-bond acceptors (Lipinski definition) is 3. The highest BCUT2D eigenvalue weighted by molar-refractivity contribution is 5.90. The Kier molecular flexibility index (Phi) is 4.51. The third-order valence-corrected chi connectivity index (χ3v) is 3.07. The van der Waals surface area contributed by atoms with Gasteiger partial charge in [0.05, 0.1) is 6.04 Å². The number of carbonyl (C=O) groups excluding carboxylic acids is 2. The summed E-state index contributed by atoms with van der Waals surface area (Å²) in [7, 11) is 0. The highest BCUT2D eigenvalue weighted by atomic mass is 16.2. The third kappa shape index (κ3) is 4.00. The van der Waals surface area contributed by atoms with Crippen LogP contribution in [0.4, 0.5) is 0 Å². The van der Waals surface area contributed by atoms with Gasteiger partial charge < -0.3 is 16.4 Å². The fourth-order valence-corrected chi connectivity index (χ4v) is 1.73. The molecule has 0 aliphatic carbocycles. The molecule has 0 spiro atoms. The molecule has 5 heteroatoms. The van der Waals surface area contributed by atoms with Gasteiger partial charge in [-0.3, -0.25) is 9.59 Å². The van der Waals surface area contributed by atoms with Gasteiger partial charge in [0.1, 0.15) is 6.04 Å². The summed E-state index contributed by atoms with van der Waals surface area (Å²) in [5.74, 6) is -0.350. The Labute approximate surface area is 103 Å². The van der Waals surface area contributed by atoms with Gasteiger partial charge in [0.25, 0.3) is 0 Å². The van der Waals surface area contributed by atoms with E-state index in [1.54, 1.807) is 0 Å². The monoisotopic (exact) mass is 241 g/mol. The molecular formula is C12H23N3O2. The summed E-state index contributed by atoms with van der Waals surface area (Å²) >= 11 is 0. The van der Waals surface area contributed by atoms with Crippen LogP contribution in [0.25, 0.3) is 0 Å². The molecule has 0 aromatic carbocycles. The van der Waals surface area contributed by atoms with E-state index < -0.39 is 12.1 Å². The summed E-state index contributed by atoms with van der Waals surface area (Å²) in [5, 5.41) is 5.52. The molecule has 98 valence electrons. The normalized spacial score (nSPS) is 23.5. The smallest absolute Gasteiger partial charge is 0.242 e. The van der Waals surface area contributed by atoms with Crippen LogP contribution in [0.15, 0.2) is 0 Å². The van der Waals surface area contributed by atoms with E-state index in [1.807, 2.05) is 20.8 Å². The summed E-state index contributed by atoms with van der Waals surface area (Å²) in [6.45, 7) is 6.41. The molecule has 1 aliphatic rings. The molecule has 0 aromatic heterocycles. The first-order chi connectivity index (χ1) is 7.82.